The van der Waals surface area contributed by atoms with E-state index in [-0.39, 0.29) is 37.5 Å². The fourth-order valence-corrected chi connectivity index (χ4v) is 7.57. The molecule has 6 nitrogen and oxygen atoms in total. The summed E-state index contributed by atoms with van der Waals surface area (Å²) in [5.41, 5.74) is 0. The van der Waals surface area contributed by atoms with Crippen LogP contribution in [0.15, 0.2) is 85.1 Å². The van der Waals surface area contributed by atoms with Gasteiger partial charge in [0.25, 0.3) is 0 Å². The highest BCUT2D eigenvalue weighted by Crippen LogP contribution is 2.14. The second-order valence-electron chi connectivity index (χ2n) is 18.5. The number of unbranched alkanes of at least 4 members (excludes halogenated alkanes) is 25. The van der Waals surface area contributed by atoms with Gasteiger partial charge in [0.1, 0.15) is 13.2 Å². The number of carbonyl (C=O) groups excluding carboxylic acids is 3. The molecule has 1 atom stereocenters. The zero-order chi connectivity index (χ0) is 48.6. The molecule has 384 valence electrons. The molecule has 0 bridgehead atoms. The number of carbonyl (C=O) groups is 3. The Morgan fingerprint density at radius 2 is 0.537 bits per heavy atom. The molecule has 0 unspecified atom stereocenters. The first-order chi connectivity index (χ1) is 33.0. The summed E-state index contributed by atoms with van der Waals surface area (Å²) in [5, 5.41) is 0. The molecule has 0 saturated heterocycles. The van der Waals surface area contributed by atoms with Gasteiger partial charge < -0.3 is 14.2 Å². The fraction of sp³-hybridized carbons (Fsp3) is 0.721. The van der Waals surface area contributed by atoms with Crippen LogP contribution >= 0.6 is 0 Å². The van der Waals surface area contributed by atoms with Gasteiger partial charge in [-0.1, -0.05) is 209 Å². The molecule has 0 aromatic carbocycles. The molecule has 0 saturated carbocycles. The standard InChI is InChI=1S/C61H104O6/c1-4-7-10-13-16-19-22-25-28-29-30-31-34-37-40-43-46-49-52-55-61(64)67-58(56-65-59(62)53-50-47-44-41-38-35-32-26-23-20-17-14-11-8-5-2)57-66-60(63)54-51-48-45-42-39-36-33-27-24-21-18-15-12-9-6-3/h16-17,19-21,24-26,28,30-32,37,40,58H,4-15,18,22-23,27,29,33-36,38-39,41-57H2,1-3H3/b19-16-,20-17-,24-21-,28-25-,31-30-,32-26-,40-37-/t58-/m1/s1. The van der Waals surface area contributed by atoms with Gasteiger partial charge in [-0.3, -0.25) is 14.4 Å². The molecule has 0 spiro atoms. The maximum Gasteiger partial charge on any atom is 0.306 e. The predicted octanol–water partition coefficient (Wildman–Crippen LogP) is 18.8. The van der Waals surface area contributed by atoms with E-state index in [4.69, 9.17) is 14.2 Å². The number of esters is 3. The van der Waals surface area contributed by atoms with E-state index in [1.165, 1.54) is 116 Å². The molecular formula is C61H104O6. The zero-order valence-electron chi connectivity index (χ0n) is 43.9. The van der Waals surface area contributed by atoms with Gasteiger partial charge in [-0.15, -0.1) is 0 Å². The molecule has 6 heteroatoms. The number of hydrogen-bond acceptors (Lipinski definition) is 6. The summed E-state index contributed by atoms with van der Waals surface area (Å²) in [6, 6.07) is 0. The quantitative estimate of drug-likeness (QED) is 0.0262. The van der Waals surface area contributed by atoms with Gasteiger partial charge in [0.15, 0.2) is 6.10 Å². The van der Waals surface area contributed by atoms with Crippen molar-refractivity contribution in [3.8, 4) is 0 Å². The fourth-order valence-electron chi connectivity index (χ4n) is 7.57. The minimum absolute atomic E-state index is 0.0964. The molecule has 0 aliphatic heterocycles. The van der Waals surface area contributed by atoms with Crippen LogP contribution in [0.2, 0.25) is 0 Å². The largest absolute Gasteiger partial charge is 0.462 e. The van der Waals surface area contributed by atoms with Crippen molar-refractivity contribution in [1.82, 2.24) is 0 Å². The first-order valence-electron chi connectivity index (χ1n) is 28.1. The molecular weight excluding hydrogens is 829 g/mol. The van der Waals surface area contributed by atoms with E-state index in [1.54, 1.807) is 0 Å². The van der Waals surface area contributed by atoms with Gasteiger partial charge in [-0.25, -0.2) is 0 Å². The normalized spacial score (nSPS) is 12.7. The van der Waals surface area contributed by atoms with Crippen molar-refractivity contribution < 1.29 is 28.6 Å². The molecule has 0 heterocycles. The summed E-state index contributed by atoms with van der Waals surface area (Å²) in [7, 11) is 0. The summed E-state index contributed by atoms with van der Waals surface area (Å²) in [5.74, 6) is -0.943. The Morgan fingerprint density at radius 3 is 0.896 bits per heavy atom. The Bertz CT molecular complexity index is 1300. The van der Waals surface area contributed by atoms with Gasteiger partial charge in [-0.2, -0.15) is 0 Å². The molecule has 67 heavy (non-hydrogen) atoms. The Balaban J connectivity index is 4.48. The van der Waals surface area contributed by atoms with Gasteiger partial charge >= 0.3 is 17.9 Å². The average molecular weight is 933 g/mol. The smallest absolute Gasteiger partial charge is 0.306 e. The lowest BCUT2D eigenvalue weighted by atomic mass is 10.1. The topological polar surface area (TPSA) is 78.9 Å². The molecule has 0 rings (SSSR count). The van der Waals surface area contributed by atoms with Crippen LogP contribution < -0.4 is 0 Å². The first-order valence-corrected chi connectivity index (χ1v) is 28.1. The average Bonchev–Trinajstić information content (AvgIpc) is 3.33. The third-order valence-corrected chi connectivity index (χ3v) is 11.8. The van der Waals surface area contributed by atoms with E-state index in [9.17, 15) is 14.4 Å². The Kier molecular flexibility index (Phi) is 52.4. The summed E-state index contributed by atoms with van der Waals surface area (Å²) in [4.78, 5) is 38.1. The van der Waals surface area contributed by atoms with Crippen LogP contribution in [0.25, 0.3) is 0 Å². The van der Waals surface area contributed by atoms with Crippen LogP contribution in [0.5, 0.6) is 0 Å². The van der Waals surface area contributed by atoms with Crippen molar-refractivity contribution in [2.45, 2.75) is 271 Å². The molecule has 0 aromatic rings. The number of hydrogen-bond donors (Lipinski definition) is 0. The maximum atomic E-state index is 12.8. The van der Waals surface area contributed by atoms with Gasteiger partial charge in [-0.05, 0) is 122 Å². The van der Waals surface area contributed by atoms with Gasteiger partial charge in [0, 0.05) is 19.3 Å². The van der Waals surface area contributed by atoms with Crippen molar-refractivity contribution in [3.63, 3.8) is 0 Å². The van der Waals surface area contributed by atoms with Crippen LogP contribution in [0.3, 0.4) is 0 Å². The molecule has 0 amide bonds. The second kappa shape index (κ2) is 55.2. The van der Waals surface area contributed by atoms with Gasteiger partial charge in [0.05, 0.1) is 0 Å². The minimum atomic E-state index is -0.801. The van der Waals surface area contributed by atoms with Crippen LogP contribution in [0.4, 0.5) is 0 Å². The number of ether oxygens (including phenoxy) is 3. The van der Waals surface area contributed by atoms with E-state index in [2.05, 4.69) is 106 Å². The van der Waals surface area contributed by atoms with Crippen LogP contribution in [0.1, 0.15) is 265 Å². The zero-order valence-corrected chi connectivity index (χ0v) is 43.9. The van der Waals surface area contributed by atoms with Crippen molar-refractivity contribution >= 4 is 17.9 Å². The van der Waals surface area contributed by atoms with Crippen LogP contribution in [0, 0.1) is 0 Å². The van der Waals surface area contributed by atoms with Crippen LogP contribution in [-0.4, -0.2) is 37.2 Å². The van der Waals surface area contributed by atoms with Crippen molar-refractivity contribution in [2.75, 3.05) is 13.2 Å². The lowest BCUT2D eigenvalue weighted by Gasteiger charge is -2.18. The first kappa shape index (κ1) is 63.6. The third-order valence-electron chi connectivity index (χ3n) is 11.8. The lowest BCUT2D eigenvalue weighted by molar-refractivity contribution is -0.167. The van der Waals surface area contributed by atoms with Gasteiger partial charge in [0.2, 0.25) is 0 Å². The number of rotatable bonds is 50. The van der Waals surface area contributed by atoms with E-state index >= 15 is 0 Å². The van der Waals surface area contributed by atoms with E-state index in [0.29, 0.717) is 12.8 Å². The summed E-state index contributed by atoms with van der Waals surface area (Å²) in [6.45, 7) is 6.54. The lowest BCUT2D eigenvalue weighted by Crippen LogP contribution is -2.30. The maximum absolute atomic E-state index is 12.8. The third kappa shape index (κ3) is 53.4. The minimum Gasteiger partial charge on any atom is -0.462 e. The predicted molar refractivity (Wildman–Crippen MR) is 288 cm³/mol. The Hall–Kier alpha value is -3.41. The van der Waals surface area contributed by atoms with Crippen molar-refractivity contribution in [3.05, 3.63) is 85.1 Å². The monoisotopic (exact) mass is 933 g/mol. The molecule has 0 fully saturated rings. The molecule has 0 N–H and O–H groups in total. The van der Waals surface area contributed by atoms with E-state index < -0.39 is 6.10 Å². The molecule has 0 radical (unpaired) electrons. The Labute approximate surface area is 414 Å². The molecule has 0 aromatic heterocycles. The highest BCUT2D eigenvalue weighted by molar-refractivity contribution is 5.71. The SMILES string of the molecule is CCCCC/C=C\C/C=C\C/C=C\C/C=C\CCCCCC(=O)O[C@H](COC(=O)CCCCCCC/C=C\C/C=C\CCCCC)COC(=O)CCCCCCCCC/C=C\CCCCCC. The highest BCUT2D eigenvalue weighted by Gasteiger charge is 2.19. The summed E-state index contributed by atoms with van der Waals surface area (Å²) < 4.78 is 16.8. The summed E-state index contributed by atoms with van der Waals surface area (Å²) in [6.07, 6.45) is 71.3. The highest BCUT2D eigenvalue weighted by atomic mass is 16.6. The summed E-state index contributed by atoms with van der Waals surface area (Å²) >= 11 is 0. The Morgan fingerprint density at radius 1 is 0.299 bits per heavy atom. The van der Waals surface area contributed by atoms with Crippen molar-refractivity contribution in [2.24, 2.45) is 0 Å². The molecule has 0 aliphatic carbocycles. The van der Waals surface area contributed by atoms with Crippen LogP contribution in [-0.2, 0) is 28.6 Å². The number of allylic oxidation sites excluding steroid dienone is 14. The van der Waals surface area contributed by atoms with E-state index in [0.717, 1.165) is 109 Å². The second-order valence-corrected chi connectivity index (χ2v) is 18.5. The van der Waals surface area contributed by atoms with Crippen molar-refractivity contribution in [1.29, 1.82) is 0 Å². The van der Waals surface area contributed by atoms with E-state index in [1.807, 2.05) is 0 Å². The molecule has 0 aliphatic rings.